The van der Waals surface area contributed by atoms with Crippen LogP contribution in [0.5, 0.6) is 11.5 Å². The number of rotatable bonds is 11. The van der Waals surface area contributed by atoms with Crippen LogP contribution in [-0.4, -0.2) is 68.0 Å². The second kappa shape index (κ2) is 11.2. The minimum atomic E-state index is -4.53. The van der Waals surface area contributed by atoms with Gasteiger partial charge in [0.1, 0.15) is 5.75 Å². The molecule has 0 spiro atoms. The minimum Gasteiger partial charge on any atom is -0.497 e. The molecule has 186 valence electrons. The van der Waals surface area contributed by atoms with Gasteiger partial charge in [-0.15, -0.1) is 5.06 Å². The Hall–Kier alpha value is -2.70. The van der Waals surface area contributed by atoms with Gasteiger partial charge < -0.3 is 24.6 Å². The fraction of sp³-hybridized carbons (Fsp3) is 0.435. The molecule has 3 N–H and O–H groups in total. The number of methoxy groups -OCH3 is 1. The number of para-hydroxylation sites is 1. The zero-order valence-electron chi connectivity index (χ0n) is 19.1. The smallest absolute Gasteiger partial charge is 0.342 e. The molecule has 3 rings (SSSR count). The monoisotopic (exact) mass is 494 g/mol. The molecule has 0 amide bonds. The molecule has 2 unspecified atom stereocenters. The predicted molar refractivity (Wildman–Crippen MR) is 122 cm³/mol. The van der Waals surface area contributed by atoms with Gasteiger partial charge in [0, 0.05) is 0 Å². The number of nitrogens with zero attached hydrogens (tertiary/aromatic N) is 1. The number of carboxylic acids is 1. The lowest BCUT2D eigenvalue weighted by Gasteiger charge is -2.31. The van der Waals surface area contributed by atoms with E-state index in [1.54, 1.807) is 23.5 Å². The molecule has 2 aromatic carbocycles. The van der Waals surface area contributed by atoms with E-state index in [4.69, 9.17) is 14.3 Å². The lowest BCUT2D eigenvalue weighted by atomic mass is 9.94. The molecule has 11 heteroatoms. The summed E-state index contributed by atoms with van der Waals surface area (Å²) >= 11 is 0. The van der Waals surface area contributed by atoms with Crippen molar-refractivity contribution in [3.63, 3.8) is 0 Å². The van der Waals surface area contributed by atoms with Gasteiger partial charge in [-0.2, -0.15) is 5.48 Å². The molecule has 0 radical (unpaired) electrons. The van der Waals surface area contributed by atoms with Crippen molar-refractivity contribution in [2.45, 2.75) is 29.5 Å². The summed E-state index contributed by atoms with van der Waals surface area (Å²) in [6.45, 7) is 4.07. The minimum absolute atomic E-state index is 0.250. The average molecular weight is 495 g/mol. The first-order valence-corrected chi connectivity index (χ1v) is 12.3. The van der Waals surface area contributed by atoms with Crippen LogP contribution in [-0.2, 0) is 25.8 Å². The SMILES string of the molecule is COc1ccc(S(=O)(=O)C(CC(C)Cc2ccccc2ON2CCOCC2)(NO)C(=O)O)cc1. The molecule has 1 aliphatic rings. The van der Waals surface area contributed by atoms with E-state index in [9.17, 15) is 23.5 Å². The van der Waals surface area contributed by atoms with Gasteiger partial charge in [0.2, 0.25) is 14.7 Å². The first kappa shape index (κ1) is 25.9. The first-order valence-electron chi connectivity index (χ1n) is 10.9. The Labute approximate surface area is 198 Å². The number of hydrogen-bond acceptors (Lipinski definition) is 9. The van der Waals surface area contributed by atoms with Crippen molar-refractivity contribution < 1.29 is 37.8 Å². The fourth-order valence-electron chi connectivity index (χ4n) is 3.90. The largest absolute Gasteiger partial charge is 0.497 e. The highest BCUT2D eigenvalue weighted by molar-refractivity contribution is 7.93. The third-order valence-corrected chi connectivity index (χ3v) is 7.97. The van der Waals surface area contributed by atoms with E-state index < -0.39 is 26.6 Å². The van der Waals surface area contributed by atoms with Gasteiger partial charge in [0.25, 0.3) is 0 Å². The summed E-state index contributed by atoms with van der Waals surface area (Å²) in [7, 11) is -3.09. The summed E-state index contributed by atoms with van der Waals surface area (Å²) in [5.74, 6) is -1.14. The maximum Gasteiger partial charge on any atom is 0.342 e. The van der Waals surface area contributed by atoms with Crippen LogP contribution >= 0.6 is 0 Å². The van der Waals surface area contributed by atoms with Gasteiger partial charge in [-0.3, -0.25) is 0 Å². The highest BCUT2D eigenvalue weighted by atomic mass is 32.2. The predicted octanol–water partition coefficient (Wildman–Crippen LogP) is 2.12. The second-order valence-electron chi connectivity index (χ2n) is 8.18. The molecular weight excluding hydrogens is 464 g/mol. The number of sulfone groups is 1. The van der Waals surface area contributed by atoms with Crippen LogP contribution < -0.4 is 15.1 Å². The van der Waals surface area contributed by atoms with Crippen molar-refractivity contribution in [3.05, 3.63) is 54.1 Å². The topological polar surface area (TPSA) is 135 Å². The van der Waals surface area contributed by atoms with Crippen LogP contribution in [0.4, 0.5) is 0 Å². The van der Waals surface area contributed by atoms with Gasteiger partial charge in [0.05, 0.1) is 38.3 Å². The van der Waals surface area contributed by atoms with Gasteiger partial charge in [-0.25, -0.2) is 13.2 Å². The standard InChI is InChI=1S/C23H30N2O8S/c1-17(15-18-5-3-4-6-21(18)33-25-11-13-32-14-12-25)16-23(24-28,22(26)27)34(29,30)20-9-7-19(31-2)8-10-20/h3-10,17,24,28H,11-16H2,1-2H3,(H,26,27). The Morgan fingerprint density at radius 3 is 2.41 bits per heavy atom. The zero-order chi connectivity index (χ0) is 24.8. The molecule has 2 aromatic rings. The van der Waals surface area contributed by atoms with E-state index >= 15 is 0 Å². The lowest BCUT2D eigenvalue weighted by molar-refractivity contribution is -0.145. The third kappa shape index (κ3) is 5.50. The van der Waals surface area contributed by atoms with E-state index in [1.807, 2.05) is 18.2 Å². The number of nitrogens with one attached hydrogen (secondary N) is 1. The number of aliphatic carboxylic acids is 1. The average Bonchev–Trinajstić information content (AvgIpc) is 2.84. The van der Waals surface area contributed by atoms with Crippen molar-refractivity contribution in [1.29, 1.82) is 0 Å². The summed E-state index contributed by atoms with van der Waals surface area (Å²) in [5, 5.41) is 21.6. The van der Waals surface area contributed by atoms with Crippen LogP contribution in [0, 0.1) is 5.92 Å². The van der Waals surface area contributed by atoms with Crippen LogP contribution in [0.25, 0.3) is 0 Å². The Morgan fingerprint density at radius 2 is 1.82 bits per heavy atom. The normalized spacial score (nSPS) is 17.5. The molecule has 0 bridgehead atoms. The molecular formula is C23H30N2O8S. The van der Waals surface area contributed by atoms with E-state index in [0.717, 1.165) is 5.56 Å². The van der Waals surface area contributed by atoms with E-state index in [2.05, 4.69) is 0 Å². The van der Waals surface area contributed by atoms with Gasteiger partial charge in [-0.1, -0.05) is 25.1 Å². The lowest BCUT2D eigenvalue weighted by Crippen LogP contribution is -2.57. The molecule has 1 saturated heterocycles. The molecule has 10 nitrogen and oxygen atoms in total. The summed E-state index contributed by atoms with van der Waals surface area (Å²) in [6.07, 6.45) is -0.0611. The number of benzene rings is 2. The van der Waals surface area contributed by atoms with Gasteiger partial charge in [0.15, 0.2) is 5.75 Å². The van der Waals surface area contributed by atoms with Gasteiger partial charge >= 0.3 is 5.97 Å². The maximum absolute atomic E-state index is 13.4. The number of carbonyl (C=O) groups is 1. The van der Waals surface area contributed by atoms with Gasteiger partial charge in [-0.05, 0) is 54.7 Å². The molecule has 0 saturated carbocycles. The first-order chi connectivity index (χ1) is 16.2. The highest BCUT2D eigenvalue weighted by Gasteiger charge is 2.52. The number of ether oxygens (including phenoxy) is 2. The number of hydrogen-bond donors (Lipinski definition) is 3. The summed E-state index contributed by atoms with van der Waals surface area (Å²) in [6, 6.07) is 12.6. The van der Waals surface area contributed by atoms with Crippen molar-refractivity contribution >= 4 is 15.8 Å². The van der Waals surface area contributed by atoms with Crippen LogP contribution in [0.15, 0.2) is 53.4 Å². The molecule has 1 heterocycles. The molecule has 1 fully saturated rings. The summed E-state index contributed by atoms with van der Waals surface area (Å²) in [4.78, 5) is 15.3. The molecule has 0 aliphatic carbocycles. The van der Waals surface area contributed by atoms with E-state index in [1.165, 1.54) is 31.4 Å². The van der Waals surface area contributed by atoms with Crippen molar-refractivity contribution in [1.82, 2.24) is 10.5 Å². The molecule has 34 heavy (non-hydrogen) atoms. The number of hydroxylamine groups is 3. The highest BCUT2D eigenvalue weighted by Crippen LogP contribution is 2.33. The van der Waals surface area contributed by atoms with Crippen LogP contribution in [0.1, 0.15) is 18.9 Å². The second-order valence-corrected chi connectivity index (χ2v) is 10.4. The number of morpholine rings is 1. The fourth-order valence-corrected chi connectivity index (χ4v) is 5.65. The van der Waals surface area contributed by atoms with Crippen molar-refractivity contribution in [3.8, 4) is 11.5 Å². The van der Waals surface area contributed by atoms with E-state index in [-0.39, 0.29) is 11.3 Å². The van der Waals surface area contributed by atoms with E-state index in [0.29, 0.717) is 44.2 Å². The summed E-state index contributed by atoms with van der Waals surface area (Å²) < 4.78 is 37.1. The molecule has 2 atom stereocenters. The molecule has 1 aliphatic heterocycles. The molecule has 0 aromatic heterocycles. The Bertz CT molecular complexity index is 1070. The Balaban J connectivity index is 1.84. The van der Waals surface area contributed by atoms with Crippen LogP contribution in [0.3, 0.4) is 0 Å². The number of carboxylic acid groups (broad SMARTS) is 1. The van der Waals surface area contributed by atoms with Crippen molar-refractivity contribution in [2.24, 2.45) is 5.92 Å². The Morgan fingerprint density at radius 1 is 1.18 bits per heavy atom. The quantitative estimate of drug-likeness (QED) is 0.399. The van der Waals surface area contributed by atoms with Crippen molar-refractivity contribution in [2.75, 3.05) is 33.4 Å². The maximum atomic E-state index is 13.4. The van der Waals surface area contributed by atoms with Crippen LogP contribution in [0.2, 0.25) is 0 Å². The summed E-state index contributed by atoms with van der Waals surface area (Å²) in [5.41, 5.74) is 2.40. The Kier molecular flexibility index (Phi) is 8.50. The zero-order valence-corrected chi connectivity index (χ0v) is 20.0. The third-order valence-electron chi connectivity index (χ3n) is 5.73.